The van der Waals surface area contributed by atoms with Crippen molar-refractivity contribution in [1.82, 2.24) is 4.90 Å². The molecule has 2 aliphatic heterocycles. The molecule has 1 saturated heterocycles. The topological polar surface area (TPSA) is 87.2 Å². The van der Waals surface area contributed by atoms with Crippen LogP contribution in [0.1, 0.15) is 24.1 Å². The number of halogens is 1. The average molecular weight is 434 g/mol. The van der Waals surface area contributed by atoms with E-state index in [1.165, 1.54) is 29.4 Å². The minimum absolute atomic E-state index is 0.0602. The Labute approximate surface area is 183 Å². The lowest BCUT2D eigenvalue weighted by atomic mass is 9.97. The number of nitrogens with zero attached hydrogens (tertiary/aromatic N) is 2. The fraction of sp³-hybridized carbons (Fsp3) is 0.208. The van der Waals surface area contributed by atoms with Crippen LogP contribution in [-0.2, 0) is 20.7 Å². The van der Waals surface area contributed by atoms with Crippen molar-refractivity contribution in [2.45, 2.75) is 25.6 Å². The molecule has 0 spiro atoms. The normalized spacial score (nSPS) is 25.2. The van der Waals surface area contributed by atoms with Crippen LogP contribution in [0.4, 0.5) is 14.9 Å². The Morgan fingerprint density at radius 2 is 1.84 bits per heavy atom. The van der Waals surface area contributed by atoms with E-state index < -0.39 is 36.0 Å². The number of likely N-dealkylation sites (tertiary alicyclic amines) is 1. The molecule has 162 valence electrons. The molecule has 5 rings (SSSR count). The highest BCUT2D eigenvalue weighted by molar-refractivity contribution is 6.08. The van der Waals surface area contributed by atoms with Crippen molar-refractivity contribution in [3.8, 4) is 0 Å². The van der Waals surface area contributed by atoms with E-state index in [1.807, 2.05) is 24.3 Å². The summed E-state index contributed by atoms with van der Waals surface area (Å²) in [5.41, 5.74) is 2.44. The smallest absolute Gasteiger partial charge is 0.414 e. The zero-order chi connectivity index (χ0) is 22.6. The number of amides is 3. The minimum Gasteiger partial charge on any atom is -0.474 e. The van der Waals surface area contributed by atoms with Crippen LogP contribution in [0.5, 0.6) is 0 Å². The van der Waals surface area contributed by atoms with Gasteiger partial charge in [-0.05, 0) is 42.7 Å². The number of rotatable bonds is 3. The molecular formula is C24H19FN2O5. The number of carboxylic acid groups (broad SMARTS) is 1. The summed E-state index contributed by atoms with van der Waals surface area (Å²) in [6.45, 7) is 1.60. The van der Waals surface area contributed by atoms with Gasteiger partial charge in [-0.15, -0.1) is 0 Å². The van der Waals surface area contributed by atoms with Crippen molar-refractivity contribution in [1.29, 1.82) is 0 Å². The number of fused-ring (bicyclic) bond motifs is 3. The maximum Gasteiger partial charge on any atom is 0.414 e. The van der Waals surface area contributed by atoms with Crippen LogP contribution in [-0.4, -0.2) is 34.1 Å². The maximum atomic E-state index is 14.4. The third kappa shape index (κ3) is 2.90. The minimum atomic E-state index is -1.33. The lowest BCUT2D eigenvalue weighted by molar-refractivity contribution is -0.124. The quantitative estimate of drug-likeness (QED) is 0.587. The molecule has 3 atom stereocenters. The van der Waals surface area contributed by atoms with Gasteiger partial charge in [-0.1, -0.05) is 36.4 Å². The van der Waals surface area contributed by atoms with E-state index in [0.717, 1.165) is 16.0 Å². The maximum absolute atomic E-state index is 14.4. The molecule has 2 aromatic carbocycles. The van der Waals surface area contributed by atoms with Crippen molar-refractivity contribution < 1.29 is 28.6 Å². The van der Waals surface area contributed by atoms with Crippen molar-refractivity contribution >= 4 is 23.6 Å². The summed E-state index contributed by atoms with van der Waals surface area (Å²) in [6, 6.07) is 12.7. The van der Waals surface area contributed by atoms with E-state index >= 15 is 0 Å². The molecule has 1 fully saturated rings. The van der Waals surface area contributed by atoms with Crippen LogP contribution in [0.3, 0.4) is 0 Å². The first-order valence-electron chi connectivity index (χ1n) is 10.1. The van der Waals surface area contributed by atoms with E-state index in [1.54, 1.807) is 19.1 Å². The summed E-state index contributed by atoms with van der Waals surface area (Å²) in [6.07, 6.45) is 0.989. The molecule has 2 aromatic rings. The van der Waals surface area contributed by atoms with Gasteiger partial charge in [0, 0.05) is 11.5 Å². The molecule has 1 N–H and O–H groups in total. The zero-order valence-corrected chi connectivity index (χ0v) is 17.1. The van der Waals surface area contributed by atoms with Crippen molar-refractivity contribution in [2.24, 2.45) is 5.92 Å². The van der Waals surface area contributed by atoms with Gasteiger partial charge < -0.3 is 9.84 Å². The average Bonchev–Trinajstić information content (AvgIpc) is 3.36. The van der Waals surface area contributed by atoms with E-state index in [2.05, 4.69) is 0 Å². The Kier molecular flexibility index (Phi) is 4.58. The van der Waals surface area contributed by atoms with Crippen LogP contribution in [0.25, 0.3) is 0 Å². The molecule has 3 amide bonds. The van der Waals surface area contributed by atoms with Gasteiger partial charge in [0.15, 0.2) is 6.23 Å². The predicted octanol–water partition coefficient (Wildman–Crippen LogP) is 3.78. The Hall–Kier alpha value is -3.94. The number of para-hydroxylation sites is 1. The van der Waals surface area contributed by atoms with Crippen LogP contribution in [0.15, 0.2) is 72.0 Å². The first-order valence-corrected chi connectivity index (χ1v) is 10.1. The van der Waals surface area contributed by atoms with E-state index in [-0.39, 0.29) is 17.2 Å². The fourth-order valence-electron chi connectivity index (χ4n) is 4.74. The number of benzene rings is 2. The molecule has 7 nitrogen and oxygen atoms in total. The third-order valence-corrected chi connectivity index (χ3v) is 6.19. The molecule has 3 aliphatic rings. The molecule has 2 heterocycles. The second-order valence-corrected chi connectivity index (χ2v) is 7.99. The number of ether oxygens (including phenoxy) is 1. The van der Waals surface area contributed by atoms with Gasteiger partial charge in [0.2, 0.25) is 0 Å². The van der Waals surface area contributed by atoms with Crippen molar-refractivity contribution in [3.05, 3.63) is 89.0 Å². The van der Waals surface area contributed by atoms with Crippen LogP contribution >= 0.6 is 0 Å². The summed E-state index contributed by atoms with van der Waals surface area (Å²) in [5, 5.41) is 9.68. The third-order valence-electron chi connectivity index (χ3n) is 6.19. The lowest BCUT2D eigenvalue weighted by Gasteiger charge is -2.24. The second-order valence-electron chi connectivity index (χ2n) is 7.99. The second kappa shape index (κ2) is 7.33. The van der Waals surface area contributed by atoms with Crippen LogP contribution < -0.4 is 4.90 Å². The number of hydrogen-bond acceptors (Lipinski definition) is 4. The number of anilines is 1. The van der Waals surface area contributed by atoms with E-state index in [0.29, 0.717) is 12.0 Å². The van der Waals surface area contributed by atoms with Crippen LogP contribution in [0.2, 0.25) is 0 Å². The van der Waals surface area contributed by atoms with Gasteiger partial charge in [0.1, 0.15) is 5.82 Å². The summed E-state index contributed by atoms with van der Waals surface area (Å²) in [5.74, 6) is -2.02. The predicted molar refractivity (Wildman–Crippen MR) is 112 cm³/mol. The highest BCUT2D eigenvalue weighted by Crippen LogP contribution is 2.49. The number of imide groups is 1. The summed E-state index contributed by atoms with van der Waals surface area (Å²) in [7, 11) is 0. The SMILES string of the molecule is CC1=CC(O/C=C2/C(=O)N(C(=O)O)C3c4ccccc4CC23)N(c2ccccc2F)C1=O. The molecule has 3 unspecified atom stereocenters. The highest BCUT2D eigenvalue weighted by atomic mass is 19.1. The lowest BCUT2D eigenvalue weighted by Crippen LogP contribution is -2.36. The number of carbonyl (C=O) groups is 3. The first kappa shape index (κ1) is 20.0. The Balaban J connectivity index is 1.49. The van der Waals surface area contributed by atoms with Crippen molar-refractivity contribution in [3.63, 3.8) is 0 Å². The highest BCUT2D eigenvalue weighted by Gasteiger charge is 2.52. The Morgan fingerprint density at radius 1 is 1.12 bits per heavy atom. The number of carbonyl (C=O) groups excluding carboxylic acids is 2. The summed E-state index contributed by atoms with van der Waals surface area (Å²) in [4.78, 5) is 39.5. The molecule has 32 heavy (non-hydrogen) atoms. The summed E-state index contributed by atoms with van der Waals surface area (Å²) < 4.78 is 20.2. The van der Waals surface area contributed by atoms with E-state index in [9.17, 15) is 23.9 Å². The van der Waals surface area contributed by atoms with Gasteiger partial charge in [0.05, 0.1) is 23.6 Å². The van der Waals surface area contributed by atoms with Gasteiger partial charge in [0.25, 0.3) is 11.8 Å². The molecule has 0 saturated carbocycles. The monoisotopic (exact) mass is 434 g/mol. The van der Waals surface area contributed by atoms with Crippen LogP contribution in [0, 0.1) is 11.7 Å². The van der Waals surface area contributed by atoms with Gasteiger partial charge >= 0.3 is 6.09 Å². The molecule has 1 aliphatic carbocycles. The molecule has 0 bridgehead atoms. The zero-order valence-electron chi connectivity index (χ0n) is 17.1. The van der Waals surface area contributed by atoms with Crippen molar-refractivity contribution in [2.75, 3.05) is 4.90 Å². The Morgan fingerprint density at radius 3 is 2.59 bits per heavy atom. The molecule has 0 aromatic heterocycles. The van der Waals surface area contributed by atoms with E-state index in [4.69, 9.17) is 4.74 Å². The Bertz CT molecular complexity index is 1220. The number of hydrogen-bond donors (Lipinski definition) is 1. The fourth-order valence-corrected chi connectivity index (χ4v) is 4.74. The van der Waals surface area contributed by atoms with Gasteiger partial charge in [-0.2, -0.15) is 0 Å². The van der Waals surface area contributed by atoms with Gasteiger partial charge in [-0.25, -0.2) is 14.1 Å². The molecule has 0 radical (unpaired) electrons. The standard InChI is InChI=1S/C24H19FN2O5/c1-13-10-20(26(22(13)28)19-9-5-4-8-18(19)25)32-12-17-16-11-14-6-2-3-7-15(14)21(16)27(23(17)29)24(30)31/h2-10,12,16,20-21H,11H2,1H3,(H,30,31)/b17-12+. The van der Waals surface area contributed by atoms with Gasteiger partial charge in [-0.3, -0.25) is 14.5 Å². The first-order chi connectivity index (χ1) is 15.4. The summed E-state index contributed by atoms with van der Waals surface area (Å²) >= 11 is 0. The molecular weight excluding hydrogens is 415 g/mol. The largest absolute Gasteiger partial charge is 0.474 e. The molecule has 8 heteroatoms.